The van der Waals surface area contributed by atoms with E-state index in [1.807, 2.05) is 0 Å². The van der Waals surface area contributed by atoms with E-state index in [1.165, 1.54) is 25.7 Å². The first-order valence-corrected chi connectivity index (χ1v) is 8.21. The van der Waals surface area contributed by atoms with Crippen LogP contribution in [0, 0.1) is 17.8 Å². The van der Waals surface area contributed by atoms with Crippen molar-refractivity contribution in [2.24, 2.45) is 23.6 Å². The van der Waals surface area contributed by atoms with E-state index in [0.717, 1.165) is 28.8 Å². The molecule has 1 aliphatic carbocycles. The molecule has 0 aromatic heterocycles. The number of nitrogens with two attached hydrogens (primary N) is 1. The van der Waals surface area contributed by atoms with Gasteiger partial charge in [-0.15, -0.1) is 0 Å². The standard InChI is InChI=1S/C14H30N2S/c1-5-12(4)17-9-14(16-15)13-7-6-10(2)11(3)8-13/h10-14,16H,5-9,15H2,1-4H3. The maximum absolute atomic E-state index is 5.75. The quantitative estimate of drug-likeness (QED) is 0.566. The second-order valence-corrected chi connectivity index (χ2v) is 7.32. The molecule has 5 atom stereocenters. The Hall–Kier alpha value is 0.270. The Bertz CT molecular complexity index is 210. The summed E-state index contributed by atoms with van der Waals surface area (Å²) in [6.07, 6.45) is 5.32. The van der Waals surface area contributed by atoms with E-state index in [0.29, 0.717) is 6.04 Å². The van der Waals surface area contributed by atoms with Gasteiger partial charge in [-0.3, -0.25) is 11.3 Å². The third-order valence-electron chi connectivity index (χ3n) is 4.56. The summed E-state index contributed by atoms with van der Waals surface area (Å²) in [7, 11) is 0. The lowest BCUT2D eigenvalue weighted by Gasteiger charge is -2.36. The van der Waals surface area contributed by atoms with Crippen molar-refractivity contribution in [2.75, 3.05) is 5.75 Å². The fourth-order valence-corrected chi connectivity index (χ4v) is 3.80. The highest BCUT2D eigenvalue weighted by Gasteiger charge is 2.29. The molecule has 0 radical (unpaired) electrons. The van der Waals surface area contributed by atoms with Gasteiger partial charge in [0.25, 0.3) is 0 Å². The number of nitrogens with one attached hydrogen (secondary N) is 1. The third-order valence-corrected chi connectivity index (χ3v) is 6.01. The minimum atomic E-state index is 0.504. The molecule has 102 valence electrons. The van der Waals surface area contributed by atoms with Gasteiger partial charge >= 0.3 is 0 Å². The van der Waals surface area contributed by atoms with Crippen molar-refractivity contribution in [1.82, 2.24) is 5.43 Å². The Morgan fingerprint density at radius 2 is 2.00 bits per heavy atom. The zero-order valence-electron chi connectivity index (χ0n) is 11.9. The molecule has 0 amide bonds. The fourth-order valence-electron chi connectivity index (χ4n) is 2.66. The molecule has 0 aliphatic heterocycles. The van der Waals surface area contributed by atoms with E-state index in [2.05, 4.69) is 44.9 Å². The van der Waals surface area contributed by atoms with E-state index in [4.69, 9.17) is 5.84 Å². The minimum Gasteiger partial charge on any atom is -0.271 e. The summed E-state index contributed by atoms with van der Waals surface area (Å²) in [4.78, 5) is 0. The lowest BCUT2D eigenvalue weighted by Crippen LogP contribution is -2.45. The highest BCUT2D eigenvalue weighted by molar-refractivity contribution is 7.99. The lowest BCUT2D eigenvalue weighted by molar-refractivity contribution is 0.178. The predicted molar refractivity (Wildman–Crippen MR) is 79.0 cm³/mol. The van der Waals surface area contributed by atoms with E-state index >= 15 is 0 Å². The molecule has 1 saturated carbocycles. The summed E-state index contributed by atoms with van der Waals surface area (Å²) in [6.45, 7) is 9.35. The van der Waals surface area contributed by atoms with Crippen LogP contribution in [-0.4, -0.2) is 17.0 Å². The van der Waals surface area contributed by atoms with Crippen LogP contribution < -0.4 is 11.3 Å². The number of hydrogen-bond acceptors (Lipinski definition) is 3. The Morgan fingerprint density at radius 3 is 2.53 bits per heavy atom. The number of thioether (sulfide) groups is 1. The van der Waals surface area contributed by atoms with Gasteiger partial charge in [-0.1, -0.05) is 34.1 Å². The Kier molecular flexibility index (Phi) is 6.90. The Labute approximate surface area is 111 Å². The van der Waals surface area contributed by atoms with Gasteiger partial charge in [0.1, 0.15) is 0 Å². The van der Waals surface area contributed by atoms with Crippen molar-refractivity contribution in [3.63, 3.8) is 0 Å². The van der Waals surface area contributed by atoms with Crippen molar-refractivity contribution in [2.45, 2.75) is 64.7 Å². The summed E-state index contributed by atoms with van der Waals surface area (Å²) < 4.78 is 0. The molecule has 1 aliphatic rings. The maximum atomic E-state index is 5.75. The van der Waals surface area contributed by atoms with Gasteiger partial charge < -0.3 is 0 Å². The highest BCUT2D eigenvalue weighted by atomic mass is 32.2. The summed E-state index contributed by atoms with van der Waals surface area (Å²) in [5.74, 6) is 9.45. The van der Waals surface area contributed by atoms with Crippen molar-refractivity contribution >= 4 is 11.8 Å². The smallest absolute Gasteiger partial charge is 0.0329 e. The molecule has 0 spiro atoms. The Morgan fingerprint density at radius 1 is 1.29 bits per heavy atom. The summed E-state index contributed by atoms with van der Waals surface area (Å²) >= 11 is 2.06. The first kappa shape index (κ1) is 15.3. The maximum Gasteiger partial charge on any atom is 0.0329 e. The zero-order chi connectivity index (χ0) is 12.8. The molecule has 3 heteroatoms. The van der Waals surface area contributed by atoms with Crippen LogP contribution >= 0.6 is 11.8 Å². The van der Waals surface area contributed by atoms with E-state index in [1.54, 1.807) is 0 Å². The predicted octanol–water partition coefficient (Wildman–Crippen LogP) is 3.42. The van der Waals surface area contributed by atoms with Crippen molar-refractivity contribution < 1.29 is 0 Å². The van der Waals surface area contributed by atoms with Crippen LogP contribution in [0.25, 0.3) is 0 Å². The fraction of sp³-hybridized carbons (Fsp3) is 1.00. The first-order chi connectivity index (χ1) is 8.08. The molecule has 3 N–H and O–H groups in total. The van der Waals surface area contributed by atoms with Crippen LogP contribution in [0.1, 0.15) is 53.4 Å². The van der Waals surface area contributed by atoms with E-state index in [9.17, 15) is 0 Å². The summed E-state index contributed by atoms with van der Waals surface area (Å²) in [5, 5.41) is 0.755. The monoisotopic (exact) mass is 258 g/mol. The van der Waals surface area contributed by atoms with Crippen molar-refractivity contribution in [3.05, 3.63) is 0 Å². The molecule has 17 heavy (non-hydrogen) atoms. The second-order valence-electron chi connectivity index (χ2n) is 5.85. The average molecular weight is 258 g/mol. The molecular formula is C14H30N2S. The molecule has 0 saturated heterocycles. The van der Waals surface area contributed by atoms with Crippen molar-refractivity contribution in [3.8, 4) is 0 Å². The van der Waals surface area contributed by atoms with Crippen LogP contribution in [0.2, 0.25) is 0 Å². The minimum absolute atomic E-state index is 0.504. The van der Waals surface area contributed by atoms with Crippen LogP contribution in [0.4, 0.5) is 0 Å². The highest BCUT2D eigenvalue weighted by Crippen LogP contribution is 2.35. The zero-order valence-corrected chi connectivity index (χ0v) is 12.7. The normalized spacial score (nSPS) is 33.4. The number of hydrogen-bond donors (Lipinski definition) is 2. The second kappa shape index (κ2) is 7.65. The molecule has 0 bridgehead atoms. The molecule has 2 nitrogen and oxygen atoms in total. The van der Waals surface area contributed by atoms with Gasteiger partial charge in [-0.05, 0) is 37.0 Å². The van der Waals surface area contributed by atoms with Crippen LogP contribution in [0.15, 0.2) is 0 Å². The molecule has 5 unspecified atom stereocenters. The molecule has 0 aromatic carbocycles. The topological polar surface area (TPSA) is 38.0 Å². The molecule has 0 aromatic rings. The SMILES string of the molecule is CCC(C)SCC(NN)C1CCC(C)C(C)C1. The van der Waals surface area contributed by atoms with Gasteiger partial charge in [-0.2, -0.15) is 11.8 Å². The van der Waals surface area contributed by atoms with Gasteiger partial charge in [0.05, 0.1) is 0 Å². The molecular weight excluding hydrogens is 228 g/mol. The molecule has 1 rings (SSSR count). The van der Waals surface area contributed by atoms with Gasteiger partial charge in [-0.25, -0.2) is 0 Å². The van der Waals surface area contributed by atoms with Crippen LogP contribution in [0.5, 0.6) is 0 Å². The number of hydrazine groups is 1. The van der Waals surface area contributed by atoms with E-state index in [-0.39, 0.29) is 0 Å². The largest absolute Gasteiger partial charge is 0.271 e. The number of rotatable bonds is 6. The van der Waals surface area contributed by atoms with Crippen LogP contribution in [0.3, 0.4) is 0 Å². The first-order valence-electron chi connectivity index (χ1n) is 7.16. The summed E-state index contributed by atoms with van der Waals surface area (Å²) in [5.41, 5.74) is 3.07. The summed E-state index contributed by atoms with van der Waals surface area (Å²) in [6, 6.07) is 0.504. The van der Waals surface area contributed by atoms with Gasteiger partial charge in [0.15, 0.2) is 0 Å². The average Bonchev–Trinajstić information content (AvgIpc) is 2.33. The van der Waals surface area contributed by atoms with Crippen molar-refractivity contribution in [1.29, 1.82) is 0 Å². The third kappa shape index (κ3) is 4.80. The van der Waals surface area contributed by atoms with Gasteiger partial charge in [0.2, 0.25) is 0 Å². The Balaban J connectivity index is 2.39. The lowest BCUT2D eigenvalue weighted by atomic mass is 9.73. The molecule has 1 fully saturated rings. The molecule has 0 heterocycles. The van der Waals surface area contributed by atoms with Gasteiger partial charge in [0, 0.05) is 17.0 Å². The van der Waals surface area contributed by atoms with E-state index < -0.39 is 0 Å². The van der Waals surface area contributed by atoms with Crippen LogP contribution in [-0.2, 0) is 0 Å².